The van der Waals surface area contributed by atoms with E-state index in [4.69, 9.17) is 14.6 Å². The molecule has 2 N–H and O–H groups in total. The molecule has 0 unspecified atom stereocenters. The average Bonchev–Trinajstić information content (AvgIpc) is 3.26. The summed E-state index contributed by atoms with van der Waals surface area (Å²) in [7, 11) is 1.47. The van der Waals surface area contributed by atoms with Crippen LogP contribution in [0.3, 0.4) is 0 Å². The van der Waals surface area contributed by atoms with Crippen LogP contribution in [0.2, 0.25) is 0 Å². The van der Waals surface area contributed by atoms with Crippen LogP contribution in [0.25, 0.3) is 0 Å². The Bertz CT molecular complexity index is 882. The topological polar surface area (TPSA) is 97.2 Å². The lowest BCUT2D eigenvalue weighted by Crippen LogP contribution is -2.18. The molecule has 0 atom stereocenters. The largest absolute Gasteiger partial charge is 0.493 e. The maximum Gasteiger partial charge on any atom is 0.341 e. The van der Waals surface area contributed by atoms with Crippen LogP contribution in [0.15, 0.2) is 29.4 Å². The number of carboxylic acids is 1. The van der Waals surface area contributed by atoms with Crippen molar-refractivity contribution in [3.8, 4) is 11.5 Å². The molecular formula is C19H20N2O5S. The lowest BCUT2D eigenvalue weighted by Gasteiger charge is -2.11. The highest BCUT2D eigenvalue weighted by Gasteiger charge is 2.18. The highest BCUT2D eigenvalue weighted by Crippen LogP contribution is 2.30. The van der Waals surface area contributed by atoms with Gasteiger partial charge in [0.15, 0.2) is 18.1 Å². The minimum Gasteiger partial charge on any atom is -0.493 e. The van der Waals surface area contributed by atoms with Gasteiger partial charge in [0.2, 0.25) is 0 Å². The Hall–Kier alpha value is -2.87. The zero-order chi connectivity index (χ0) is 19.4. The Balaban J connectivity index is 1.69. The van der Waals surface area contributed by atoms with Crippen LogP contribution in [0.5, 0.6) is 11.5 Å². The van der Waals surface area contributed by atoms with E-state index in [1.165, 1.54) is 28.9 Å². The van der Waals surface area contributed by atoms with E-state index in [-0.39, 0.29) is 5.91 Å². The minimum absolute atomic E-state index is 0.220. The molecule has 0 saturated heterocycles. The fourth-order valence-electron chi connectivity index (χ4n) is 2.85. The maximum atomic E-state index is 12.3. The predicted octanol–water partition coefficient (Wildman–Crippen LogP) is 2.86. The summed E-state index contributed by atoms with van der Waals surface area (Å²) in [5.41, 5.74) is 5.18. The molecule has 0 fully saturated rings. The van der Waals surface area contributed by atoms with Crippen LogP contribution in [0.1, 0.15) is 39.0 Å². The summed E-state index contributed by atoms with van der Waals surface area (Å²) in [6.07, 6.45) is 3.25. The molecule has 0 radical (unpaired) electrons. The number of aliphatic carboxylic acids is 1. The van der Waals surface area contributed by atoms with Crippen LogP contribution < -0.4 is 14.9 Å². The van der Waals surface area contributed by atoms with Crippen molar-refractivity contribution in [1.82, 2.24) is 5.43 Å². The zero-order valence-electron chi connectivity index (χ0n) is 15.1. The number of methoxy groups -OCH3 is 1. The number of nitrogens with zero attached hydrogens (tertiary/aromatic N) is 1. The molecule has 1 aliphatic rings. The van der Waals surface area contributed by atoms with Gasteiger partial charge >= 0.3 is 5.97 Å². The lowest BCUT2D eigenvalue weighted by molar-refractivity contribution is -0.139. The summed E-state index contributed by atoms with van der Waals surface area (Å²) in [5.74, 6) is -0.568. The summed E-state index contributed by atoms with van der Waals surface area (Å²) < 4.78 is 10.4. The number of aryl methyl sites for hydroxylation is 2. The average molecular weight is 388 g/mol. The second kappa shape index (κ2) is 8.22. The Kier molecular flexibility index (Phi) is 5.75. The van der Waals surface area contributed by atoms with E-state index in [1.807, 2.05) is 6.07 Å². The number of hydrazone groups is 1. The smallest absolute Gasteiger partial charge is 0.341 e. The van der Waals surface area contributed by atoms with E-state index in [0.717, 1.165) is 24.8 Å². The molecule has 1 aromatic heterocycles. The molecule has 0 bridgehead atoms. The fourth-order valence-corrected chi connectivity index (χ4v) is 3.99. The molecule has 27 heavy (non-hydrogen) atoms. The van der Waals surface area contributed by atoms with E-state index in [1.54, 1.807) is 25.1 Å². The van der Waals surface area contributed by atoms with Crippen molar-refractivity contribution in [3.63, 3.8) is 0 Å². The van der Waals surface area contributed by atoms with Gasteiger partial charge in [0.05, 0.1) is 17.7 Å². The number of carbonyl (C=O) groups excluding carboxylic acids is 1. The van der Waals surface area contributed by atoms with Crippen molar-refractivity contribution in [2.75, 3.05) is 13.7 Å². The van der Waals surface area contributed by atoms with Crippen molar-refractivity contribution in [2.45, 2.75) is 26.2 Å². The minimum atomic E-state index is -1.07. The van der Waals surface area contributed by atoms with Crippen molar-refractivity contribution in [3.05, 3.63) is 45.1 Å². The molecule has 0 aliphatic heterocycles. The molecule has 8 heteroatoms. The Morgan fingerprint density at radius 3 is 2.78 bits per heavy atom. The van der Waals surface area contributed by atoms with Gasteiger partial charge < -0.3 is 14.6 Å². The first-order valence-corrected chi connectivity index (χ1v) is 9.29. The number of amides is 1. The third-order valence-corrected chi connectivity index (χ3v) is 5.46. The third-order valence-electron chi connectivity index (χ3n) is 4.23. The van der Waals surface area contributed by atoms with Crippen LogP contribution in [0.4, 0.5) is 0 Å². The first kappa shape index (κ1) is 18.9. The third kappa shape index (κ3) is 4.46. The molecule has 7 nitrogen and oxygen atoms in total. The van der Waals surface area contributed by atoms with Crippen LogP contribution in [-0.2, 0) is 17.6 Å². The molecule has 1 aromatic carbocycles. The van der Waals surface area contributed by atoms with Crippen molar-refractivity contribution >= 4 is 28.9 Å². The van der Waals surface area contributed by atoms with Gasteiger partial charge in [0, 0.05) is 10.4 Å². The molecule has 142 valence electrons. The summed E-state index contributed by atoms with van der Waals surface area (Å²) in [6.45, 7) is 1.31. The molecule has 1 amide bonds. The molecule has 1 aliphatic carbocycles. The highest BCUT2D eigenvalue weighted by atomic mass is 32.1. The summed E-state index contributed by atoms with van der Waals surface area (Å²) in [4.78, 5) is 24.9. The number of hydrogen-bond acceptors (Lipinski definition) is 6. The zero-order valence-corrected chi connectivity index (χ0v) is 15.9. The van der Waals surface area contributed by atoms with E-state index in [2.05, 4.69) is 10.5 Å². The molecule has 1 heterocycles. The molecule has 0 saturated carbocycles. The number of hydrogen-bond donors (Lipinski definition) is 2. The molecule has 2 aromatic rings. The standard InChI is InChI=1S/C19H20N2O5S/c1-11(12-6-7-14(15(8-12)25-2)26-10-18(22)23)20-21-19(24)17-9-13-4-3-5-16(13)27-17/h6-9H,3-5,10H2,1-2H3,(H,21,24)(H,22,23)/b20-11-. The number of thiophene rings is 1. The van der Waals surface area contributed by atoms with Crippen molar-refractivity contribution in [1.29, 1.82) is 0 Å². The number of ether oxygens (including phenoxy) is 2. The normalized spacial score (nSPS) is 13.2. The molecular weight excluding hydrogens is 368 g/mol. The van der Waals surface area contributed by atoms with Gasteiger partial charge in [-0.05, 0) is 56.0 Å². The molecule has 0 spiro atoms. The lowest BCUT2D eigenvalue weighted by atomic mass is 10.1. The second-order valence-electron chi connectivity index (χ2n) is 6.10. The Morgan fingerprint density at radius 2 is 2.07 bits per heavy atom. The van der Waals surface area contributed by atoms with Crippen LogP contribution in [0, 0.1) is 0 Å². The van der Waals surface area contributed by atoms with Gasteiger partial charge in [-0.2, -0.15) is 5.10 Å². The predicted molar refractivity (Wildman–Crippen MR) is 102 cm³/mol. The van der Waals surface area contributed by atoms with Gasteiger partial charge in [-0.25, -0.2) is 10.2 Å². The highest BCUT2D eigenvalue weighted by molar-refractivity contribution is 7.14. The second-order valence-corrected chi connectivity index (χ2v) is 7.24. The van der Waals surface area contributed by atoms with Gasteiger partial charge in [-0.15, -0.1) is 11.3 Å². The number of carboxylic acid groups (broad SMARTS) is 1. The van der Waals surface area contributed by atoms with E-state index < -0.39 is 12.6 Å². The Morgan fingerprint density at radius 1 is 1.26 bits per heavy atom. The number of carbonyl (C=O) groups is 2. The summed E-state index contributed by atoms with van der Waals surface area (Å²) in [6, 6.07) is 6.97. The van der Waals surface area contributed by atoms with E-state index in [9.17, 15) is 9.59 Å². The summed E-state index contributed by atoms with van der Waals surface area (Å²) in [5, 5.41) is 12.9. The van der Waals surface area contributed by atoms with Gasteiger partial charge in [-0.3, -0.25) is 4.79 Å². The van der Waals surface area contributed by atoms with Crippen LogP contribution >= 0.6 is 11.3 Å². The Labute approximate surface area is 160 Å². The van der Waals surface area contributed by atoms with E-state index in [0.29, 0.717) is 22.1 Å². The number of benzene rings is 1. The van der Waals surface area contributed by atoms with Crippen LogP contribution in [-0.4, -0.2) is 36.4 Å². The van der Waals surface area contributed by atoms with Crippen molar-refractivity contribution in [2.24, 2.45) is 5.10 Å². The monoisotopic (exact) mass is 388 g/mol. The first-order chi connectivity index (χ1) is 13.0. The SMILES string of the molecule is COc1cc(/C(C)=N\NC(=O)c2cc3c(s2)CCC3)ccc1OCC(=O)O. The fraction of sp³-hybridized carbons (Fsp3) is 0.316. The summed E-state index contributed by atoms with van der Waals surface area (Å²) >= 11 is 1.53. The maximum absolute atomic E-state index is 12.3. The van der Waals surface area contributed by atoms with Gasteiger partial charge in [0.25, 0.3) is 5.91 Å². The van der Waals surface area contributed by atoms with E-state index >= 15 is 0 Å². The first-order valence-electron chi connectivity index (χ1n) is 8.47. The van der Waals surface area contributed by atoms with Gasteiger partial charge in [0.1, 0.15) is 0 Å². The number of fused-ring (bicyclic) bond motifs is 1. The molecule has 3 rings (SSSR count). The number of nitrogens with one attached hydrogen (secondary N) is 1. The van der Waals surface area contributed by atoms with Crippen molar-refractivity contribution < 1.29 is 24.2 Å². The number of rotatable bonds is 7. The quantitative estimate of drug-likeness (QED) is 0.561. The van der Waals surface area contributed by atoms with Gasteiger partial charge in [-0.1, -0.05) is 0 Å².